The van der Waals surface area contributed by atoms with Gasteiger partial charge in [-0.15, -0.1) is 0 Å². The average molecular weight is 304 g/mol. The molecule has 120 valence electrons. The molecule has 0 bridgehead atoms. The zero-order chi connectivity index (χ0) is 15.5. The molecule has 3 rings (SSSR count). The molecule has 1 atom stereocenters. The second kappa shape index (κ2) is 6.55. The molecule has 1 saturated carbocycles. The standard InChI is InChI=1S/C17H24N2O3/c1-12-8-9-22-16(12)17(21)18-13-10-15(20)19(11-13)14-6-4-2-3-5-7-14/h8-9,13-14H,2-7,10-11H2,1H3,(H,18,21). The minimum absolute atomic E-state index is 0.104. The van der Waals surface area contributed by atoms with Crippen LogP contribution >= 0.6 is 0 Å². The highest BCUT2D eigenvalue weighted by Gasteiger charge is 2.35. The van der Waals surface area contributed by atoms with Gasteiger partial charge in [0.25, 0.3) is 5.91 Å². The van der Waals surface area contributed by atoms with Crippen molar-refractivity contribution < 1.29 is 14.0 Å². The molecular formula is C17H24N2O3. The summed E-state index contributed by atoms with van der Waals surface area (Å²) in [5.74, 6) is 0.303. The lowest BCUT2D eigenvalue weighted by Gasteiger charge is -2.27. The summed E-state index contributed by atoms with van der Waals surface area (Å²) in [5, 5.41) is 2.94. The molecule has 0 spiro atoms. The van der Waals surface area contributed by atoms with Crippen LogP contribution in [0.1, 0.15) is 61.1 Å². The minimum Gasteiger partial charge on any atom is -0.459 e. The Morgan fingerprint density at radius 1 is 1.27 bits per heavy atom. The van der Waals surface area contributed by atoms with E-state index in [4.69, 9.17) is 4.42 Å². The van der Waals surface area contributed by atoms with Crippen LogP contribution in [0.4, 0.5) is 0 Å². The lowest BCUT2D eigenvalue weighted by Crippen LogP contribution is -2.40. The SMILES string of the molecule is Cc1ccoc1C(=O)NC1CC(=O)N(C2CCCCCC2)C1. The predicted molar refractivity (Wildman–Crippen MR) is 82.5 cm³/mol. The van der Waals surface area contributed by atoms with Crippen LogP contribution in [-0.2, 0) is 4.79 Å². The molecule has 2 heterocycles. The molecule has 2 aliphatic rings. The molecule has 22 heavy (non-hydrogen) atoms. The number of hydrogen-bond acceptors (Lipinski definition) is 3. The minimum atomic E-state index is -0.219. The molecule has 2 fully saturated rings. The van der Waals surface area contributed by atoms with Gasteiger partial charge in [-0.05, 0) is 25.8 Å². The van der Waals surface area contributed by atoms with Crippen LogP contribution in [0.5, 0.6) is 0 Å². The first kappa shape index (κ1) is 15.1. The van der Waals surface area contributed by atoms with Crippen molar-refractivity contribution in [2.45, 2.75) is 64.0 Å². The number of amides is 2. The van der Waals surface area contributed by atoms with Gasteiger partial charge in [-0.2, -0.15) is 0 Å². The summed E-state index contributed by atoms with van der Waals surface area (Å²) in [6, 6.07) is 2.03. The monoisotopic (exact) mass is 304 g/mol. The van der Waals surface area contributed by atoms with Crippen LogP contribution in [0.2, 0.25) is 0 Å². The van der Waals surface area contributed by atoms with E-state index in [1.165, 1.54) is 31.9 Å². The first-order chi connectivity index (χ1) is 10.6. The van der Waals surface area contributed by atoms with Crippen LogP contribution in [0.25, 0.3) is 0 Å². The fourth-order valence-electron chi connectivity index (χ4n) is 3.61. The maximum absolute atomic E-state index is 12.3. The smallest absolute Gasteiger partial charge is 0.287 e. The van der Waals surface area contributed by atoms with Crippen LogP contribution < -0.4 is 5.32 Å². The summed E-state index contributed by atoms with van der Waals surface area (Å²) in [6.45, 7) is 2.48. The van der Waals surface area contributed by atoms with E-state index in [0.29, 0.717) is 24.8 Å². The summed E-state index contributed by atoms with van der Waals surface area (Å²) < 4.78 is 5.21. The van der Waals surface area contributed by atoms with Crippen molar-refractivity contribution >= 4 is 11.8 Å². The Hall–Kier alpha value is -1.78. The maximum Gasteiger partial charge on any atom is 0.287 e. The number of carbonyl (C=O) groups is 2. The molecule has 1 aromatic rings. The van der Waals surface area contributed by atoms with Crippen LogP contribution in [0, 0.1) is 6.92 Å². The number of nitrogens with one attached hydrogen (secondary N) is 1. The van der Waals surface area contributed by atoms with Gasteiger partial charge in [0.05, 0.1) is 12.3 Å². The van der Waals surface area contributed by atoms with E-state index < -0.39 is 0 Å². The quantitative estimate of drug-likeness (QED) is 0.873. The van der Waals surface area contributed by atoms with E-state index in [0.717, 1.165) is 18.4 Å². The third kappa shape index (κ3) is 3.18. The third-order valence-corrected chi connectivity index (χ3v) is 4.83. The summed E-state index contributed by atoms with van der Waals surface area (Å²) in [6.07, 6.45) is 9.08. The Labute approximate surface area is 131 Å². The Kier molecular flexibility index (Phi) is 4.50. The molecule has 1 N–H and O–H groups in total. The van der Waals surface area contributed by atoms with E-state index >= 15 is 0 Å². The molecule has 0 aromatic carbocycles. The van der Waals surface area contributed by atoms with E-state index in [1.807, 2.05) is 11.8 Å². The molecule has 5 nitrogen and oxygen atoms in total. The number of nitrogens with zero attached hydrogens (tertiary/aromatic N) is 1. The molecule has 2 amide bonds. The van der Waals surface area contributed by atoms with E-state index in [2.05, 4.69) is 5.32 Å². The third-order valence-electron chi connectivity index (χ3n) is 4.83. The molecule has 0 radical (unpaired) electrons. The second-order valence-electron chi connectivity index (χ2n) is 6.50. The summed E-state index contributed by atoms with van der Waals surface area (Å²) >= 11 is 0. The highest BCUT2D eigenvalue weighted by molar-refractivity contribution is 5.93. The van der Waals surface area contributed by atoms with Gasteiger partial charge in [-0.25, -0.2) is 0 Å². The lowest BCUT2D eigenvalue weighted by molar-refractivity contribution is -0.129. The van der Waals surface area contributed by atoms with Gasteiger partial charge in [0, 0.05) is 24.6 Å². The Morgan fingerprint density at radius 3 is 2.64 bits per heavy atom. The van der Waals surface area contributed by atoms with Gasteiger partial charge < -0.3 is 14.6 Å². The van der Waals surface area contributed by atoms with Gasteiger partial charge >= 0.3 is 0 Å². The van der Waals surface area contributed by atoms with Crippen molar-refractivity contribution in [1.29, 1.82) is 0 Å². The fraction of sp³-hybridized carbons (Fsp3) is 0.647. The van der Waals surface area contributed by atoms with Crippen molar-refractivity contribution in [3.63, 3.8) is 0 Å². The number of furan rings is 1. The predicted octanol–water partition coefficient (Wildman–Crippen LogP) is 2.64. The first-order valence-corrected chi connectivity index (χ1v) is 8.29. The molecule has 5 heteroatoms. The summed E-state index contributed by atoms with van der Waals surface area (Å²) in [4.78, 5) is 26.5. The molecule has 1 aromatic heterocycles. The van der Waals surface area contributed by atoms with Gasteiger partial charge in [-0.1, -0.05) is 25.7 Å². The maximum atomic E-state index is 12.3. The van der Waals surface area contributed by atoms with Crippen molar-refractivity contribution in [3.05, 3.63) is 23.7 Å². The van der Waals surface area contributed by atoms with E-state index in [-0.39, 0.29) is 17.9 Å². The number of carbonyl (C=O) groups excluding carboxylic acids is 2. The zero-order valence-electron chi connectivity index (χ0n) is 13.1. The van der Waals surface area contributed by atoms with Gasteiger partial charge in [0.2, 0.25) is 5.91 Å². The highest BCUT2D eigenvalue weighted by Crippen LogP contribution is 2.26. The topological polar surface area (TPSA) is 62.6 Å². The molecule has 1 aliphatic carbocycles. The van der Waals surface area contributed by atoms with Gasteiger partial charge in [0.1, 0.15) is 0 Å². The number of likely N-dealkylation sites (tertiary alicyclic amines) is 1. The molecule has 1 saturated heterocycles. The number of aryl methyl sites for hydroxylation is 1. The van der Waals surface area contributed by atoms with Crippen LogP contribution in [0.15, 0.2) is 16.7 Å². The fourth-order valence-corrected chi connectivity index (χ4v) is 3.61. The molecule has 1 aliphatic heterocycles. The first-order valence-electron chi connectivity index (χ1n) is 8.29. The van der Waals surface area contributed by atoms with Crippen molar-refractivity contribution in [2.75, 3.05) is 6.54 Å². The zero-order valence-corrected chi connectivity index (χ0v) is 13.1. The largest absolute Gasteiger partial charge is 0.459 e. The van der Waals surface area contributed by atoms with Crippen LogP contribution in [0.3, 0.4) is 0 Å². The molecular weight excluding hydrogens is 280 g/mol. The van der Waals surface area contributed by atoms with Crippen molar-refractivity contribution in [3.8, 4) is 0 Å². The Morgan fingerprint density at radius 2 is 2.00 bits per heavy atom. The number of hydrogen-bond donors (Lipinski definition) is 1. The highest BCUT2D eigenvalue weighted by atomic mass is 16.3. The average Bonchev–Trinajstić information content (AvgIpc) is 2.95. The van der Waals surface area contributed by atoms with Crippen molar-refractivity contribution in [1.82, 2.24) is 10.2 Å². The van der Waals surface area contributed by atoms with Gasteiger partial charge in [-0.3, -0.25) is 9.59 Å². The normalized spacial score (nSPS) is 23.6. The number of rotatable bonds is 3. The van der Waals surface area contributed by atoms with Gasteiger partial charge in [0.15, 0.2) is 5.76 Å². The Bertz CT molecular complexity index is 544. The lowest BCUT2D eigenvalue weighted by atomic mass is 10.1. The second-order valence-corrected chi connectivity index (χ2v) is 6.50. The van der Waals surface area contributed by atoms with Crippen molar-refractivity contribution in [2.24, 2.45) is 0 Å². The van der Waals surface area contributed by atoms with Crippen LogP contribution in [-0.4, -0.2) is 35.3 Å². The Balaban J connectivity index is 1.59. The van der Waals surface area contributed by atoms with E-state index in [1.54, 1.807) is 6.07 Å². The molecule has 1 unspecified atom stereocenters. The summed E-state index contributed by atoms with van der Waals surface area (Å²) in [7, 11) is 0. The summed E-state index contributed by atoms with van der Waals surface area (Å²) in [5.41, 5.74) is 0.822. The van der Waals surface area contributed by atoms with E-state index in [9.17, 15) is 9.59 Å².